The van der Waals surface area contributed by atoms with E-state index in [9.17, 15) is 0 Å². The van der Waals surface area contributed by atoms with E-state index in [0.29, 0.717) is 30.8 Å². The van der Waals surface area contributed by atoms with Gasteiger partial charge in [0.15, 0.2) is 0 Å². The number of benzene rings is 1. The quantitative estimate of drug-likeness (QED) is 0.765. The van der Waals surface area contributed by atoms with Gasteiger partial charge < -0.3 is 16.8 Å². The van der Waals surface area contributed by atoms with Gasteiger partial charge in [0.1, 0.15) is 0 Å². The van der Waals surface area contributed by atoms with Crippen molar-refractivity contribution in [1.82, 2.24) is 0 Å². The zero-order valence-corrected chi connectivity index (χ0v) is 11.7. The van der Waals surface area contributed by atoms with Gasteiger partial charge in [0.2, 0.25) is 0 Å². The molecule has 1 aromatic rings. The molecule has 1 aliphatic heterocycles. The molecule has 0 aromatic heterocycles. The van der Waals surface area contributed by atoms with Gasteiger partial charge in [-0.15, -0.1) is 0 Å². The van der Waals surface area contributed by atoms with Gasteiger partial charge in [0.05, 0.1) is 0 Å². The third kappa shape index (κ3) is 2.25. The third-order valence-corrected chi connectivity index (χ3v) is 4.14. The minimum Gasteiger partial charge on any atom is -0.384 e. The van der Waals surface area contributed by atoms with E-state index in [4.69, 9.17) is 11.5 Å². The normalized spacial score (nSPS) is 21.3. The van der Waals surface area contributed by atoms with Gasteiger partial charge >= 0.3 is 0 Å². The van der Waals surface area contributed by atoms with Crippen molar-refractivity contribution in [2.45, 2.75) is 38.5 Å². The van der Waals surface area contributed by atoms with Gasteiger partial charge in [0, 0.05) is 18.2 Å². The molecule has 1 aromatic carbocycles. The highest BCUT2D eigenvalue weighted by molar-refractivity contribution is 5.65. The molecule has 3 heteroatoms. The van der Waals surface area contributed by atoms with Gasteiger partial charge in [-0.25, -0.2) is 0 Å². The summed E-state index contributed by atoms with van der Waals surface area (Å²) in [5.41, 5.74) is 17.1. The summed E-state index contributed by atoms with van der Waals surface area (Å²) in [6.45, 7) is 9.05. The number of fused-ring (bicyclic) bond motifs is 1. The fraction of sp³-hybridized carbons (Fsp3) is 0.600. The predicted octanol–water partition coefficient (Wildman–Crippen LogP) is 2.34. The lowest BCUT2D eigenvalue weighted by atomic mass is 9.88. The minimum atomic E-state index is 0.390. The van der Waals surface area contributed by atoms with Crippen LogP contribution in [0.2, 0.25) is 0 Å². The number of rotatable bonds is 4. The van der Waals surface area contributed by atoms with E-state index < -0.39 is 0 Å². The molecule has 100 valence electrons. The highest BCUT2D eigenvalue weighted by Crippen LogP contribution is 2.39. The Morgan fingerprint density at radius 2 is 1.89 bits per heavy atom. The number of nitrogens with two attached hydrogens (primary N) is 2. The Hall–Kier alpha value is -1.06. The van der Waals surface area contributed by atoms with E-state index in [0.717, 1.165) is 6.54 Å². The fourth-order valence-corrected chi connectivity index (χ4v) is 2.61. The first-order valence-corrected chi connectivity index (χ1v) is 6.90. The molecule has 3 atom stereocenters. The summed E-state index contributed by atoms with van der Waals surface area (Å²) in [4.78, 5) is 0. The van der Waals surface area contributed by atoms with Crippen molar-refractivity contribution in [1.29, 1.82) is 0 Å². The Kier molecular flexibility index (Phi) is 3.93. The Balaban J connectivity index is 2.51. The summed E-state index contributed by atoms with van der Waals surface area (Å²) in [5.74, 6) is 1.38. The molecule has 3 nitrogen and oxygen atoms in total. The van der Waals surface area contributed by atoms with E-state index in [2.05, 4.69) is 38.2 Å². The molecule has 0 spiro atoms. The third-order valence-electron chi connectivity index (χ3n) is 4.14. The molecule has 18 heavy (non-hydrogen) atoms. The molecule has 0 fully saturated rings. The largest absolute Gasteiger partial charge is 0.384 e. The van der Waals surface area contributed by atoms with Crippen LogP contribution in [-0.4, -0.2) is 19.6 Å². The Morgan fingerprint density at radius 3 is 2.50 bits per heavy atom. The molecule has 0 radical (unpaired) electrons. The van der Waals surface area contributed by atoms with Gasteiger partial charge in [0.25, 0.3) is 0 Å². The lowest BCUT2D eigenvalue weighted by Crippen LogP contribution is -2.13. The molecule has 2 rings (SSSR count). The molecule has 0 bridgehead atoms. The molecule has 5 N–H and O–H groups in total. The second kappa shape index (κ2) is 5.29. The van der Waals surface area contributed by atoms with Crippen molar-refractivity contribution in [3.8, 4) is 0 Å². The van der Waals surface area contributed by atoms with Crippen LogP contribution >= 0.6 is 0 Å². The maximum atomic E-state index is 5.84. The van der Waals surface area contributed by atoms with Crippen LogP contribution < -0.4 is 16.8 Å². The van der Waals surface area contributed by atoms with Crippen LogP contribution in [0.3, 0.4) is 0 Å². The molecule has 0 aliphatic carbocycles. The molecule has 3 unspecified atom stereocenters. The van der Waals surface area contributed by atoms with Crippen LogP contribution in [-0.2, 0) is 0 Å². The number of hydrogen-bond donors (Lipinski definition) is 3. The van der Waals surface area contributed by atoms with Gasteiger partial charge in [-0.2, -0.15) is 0 Å². The second-order valence-corrected chi connectivity index (χ2v) is 5.63. The van der Waals surface area contributed by atoms with Gasteiger partial charge in [-0.3, -0.25) is 0 Å². The Morgan fingerprint density at radius 1 is 1.22 bits per heavy atom. The van der Waals surface area contributed by atoms with E-state index in [1.54, 1.807) is 0 Å². The van der Waals surface area contributed by atoms with Gasteiger partial charge in [-0.05, 0) is 41.6 Å². The summed E-state index contributed by atoms with van der Waals surface area (Å²) in [7, 11) is 0. The van der Waals surface area contributed by atoms with Crippen LogP contribution in [0.5, 0.6) is 0 Å². The lowest BCUT2D eigenvalue weighted by molar-refractivity contribution is 0.748. The highest BCUT2D eigenvalue weighted by atomic mass is 14.9. The average Bonchev–Trinajstić information content (AvgIpc) is 2.77. The number of hydrogen-bond acceptors (Lipinski definition) is 3. The molecular formula is C15H25N3. The smallest absolute Gasteiger partial charge is 0.0412 e. The summed E-state index contributed by atoms with van der Waals surface area (Å²) in [5, 5.41) is 3.53. The number of anilines is 1. The topological polar surface area (TPSA) is 64.1 Å². The van der Waals surface area contributed by atoms with E-state index in [1.807, 2.05) is 0 Å². The zero-order valence-electron chi connectivity index (χ0n) is 11.7. The van der Waals surface area contributed by atoms with Crippen LogP contribution in [0.25, 0.3) is 0 Å². The summed E-state index contributed by atoms with van der Waals surface area (Å²) in [6.07, 6.45) is 0. The van der Waals surface area contributed by atoms with E-state index in [1.165, 1.54) is 22.4 Å². The Bertz CT molecular complexity index is 428. The van der Waals surface area contributed by atoms with Crippen molar-refractivity contribution in [3.05, 3.63) is 28.8 Å². The zero-order chi connectivity index (χ0) is 13.3. The highest BCUT2D eigenvalue weighted by Gasteiger charge is 2.24. The molecule has 1 heterocycles. The van der Waals surface area contributed by atoms with Crippen molar-refractivity contribution < 1.29 is 0 Å². The first kappa shape index (κ1) is 13.4. The van der Waals surface area contributed by atoms with Crippen molar-refractivity contribution in [3.63, 3.8) is 0 Å². The van der Waals surface area contributed by atoms with E-state index >= 15 is 0 Å². The lowest BCUT2D eigenvalue weighted by Gasteiger charge is -2.19. The number of nitrogens with one attached hydrogen (secondary N) is 1. The SMILES string of the molecule is CC(CN)c1cc(C(C)CN)c2c(c1)C(C)CN2. The maximum Gasteiger partial charge on any atom is 0.0412 e. The molecular weight excluding hydrogens is 222 g/mol. The summed E-state index contributed by atoms with van der Waals surface area (Å²) < 4.78 is 0. The summed E-state index contributed by atoms with van der Waals surface area (Å²) in [6, 6.07) is 4.61. The first-order chi connectivity index (χ1) is 8.58. The van der Waals surface area contributed by atoms with E-state index in [-0.39, 0.29) is 0 Å². The monoisotopic (exact) mass is 247 g/mol. The van der Waals surface area contributed by atoms with Crippen molar-refractivity contribution in [2.24, 2.45) is 11.5 Å². The standard InChI is InChI=1S/C15H25N3/c1-9(6-16)12-4-13(10(2)7-17)15-14(5-12)11(3)8-18-15/h4-5,9-11,18H,6-8,16-17H2,1-3H3. The van der Waals surface area contributed by atoms with Crippen molar-refractivity contribution >= 4 is 5.69 Å². The molecule has 0 saturated heterocycles. The van der Waals surface area contributed by atoms with Crippen LogP contribution in [0.1, 0.15) is 55.2 Å². The molecule has 0 amide bonds. The van der Waals surface area contributed by atoms with Gasteiger partial charge in [-0.1, -0.05) is 32.9 Å². The van der Waals surface area contributed by atoms with Crippen LogP contribution in [0.15, 0.2) is 12.1 Å². The second-order valence-electron chi connectivity index (χ2n) is 5.63. The van der Waals surface area contributed by atoms with Crippen LogP contribution in [0, 0.1) is 0 Å². The average molecular weight is 247 g/mol. The fourth-order valence-electron chi connectivity index (χ4n) is 2.61. The summed E-state index contributed by atoms with van der Waals surface area (Å²) >= 11 is 0. The first-order valence-electron chi connectivity index (χ1n) is 6.90. The van der Waals surface area contributed by atoms with Crippen molar-refractivity contribution in [2.75, 3.05) is 25.0 Å². The molecule has 0 saturated carbocycles. The maximum absolute atomic E-state index is 5.84. The predicted molar refractivity (Wildman–Crippen MR) is 78.3 cm³/mol. The van der Waals surface area contributed by atoms with Crippen LogP contribution in [0.4, 0.5) is 5.69 Å². The molecule has 1 aliphatic rings. The minimum absolute atomic E-state index is 0.390. The Labute approximate surface area is 110 Å².